The van der Waals surface area contributed by atoms with E-state index in [-0.39, 0.29) is 11.5 Å². The van der Waals surface area contributed by atoms with Crippen molar-refractivity contribution in [3.05, 3.63) is 58.3 Å². The number of alkyl halides is 2. The van der Waals surface area contributed by atoms with Gasteiger partial charge in [-0.3, -0.25) is 4.79 Å². The van der Waals surface area contributed by atoms with E-state index in [4.69, 9.17) is 33.3 Å². The van der Waals surface area contributed by atoms with Crippen LogP contribution in [0.4, 0.5) is 14.5 Å². The van der Waals surface area contributed by atoms with Crippen molar-refractivity contribution in [3.8, 4) is 17.2 Å². The number of amides is 1. The van der Waals surface area contributed by atoms with Crippen molar-refractivity contribution in [1.82, 2.24) is 10.6 Å². The van der Waals surface area contributed by atoms with Gasteiger partial charge in [-0.15, -0.1) is 0 Å². The molecular formula is C21H20ClF2N3O4S. The Balaban J connectivity index is 1.98. The second-order valence-electron chi connectivity index (χ2n) is 6.66. The van der Waals surface area contributed by atoms with Crippen LogP contribution in [0.25, 0.3) is 0 Å². The van der Waals surface area contributed by atoms with Crippen molar-refractivity contribution in [2.24, 2.45) is 0 Å². The fraction of sp³-hybridized carbons (Fsp3) is 0.238. The van der Waals surface area contributed by atoms with E-state index in [0.29, 0.717) is 38.4 Å². The molecule has 3 rings (SSSR count). The number of thiocarbonyl (C=S) groups is 1. The van der Waals surface area contributed by atoms with Crippen molar-refractivity contribution in [2.45, 2.75) is 19.6 Å². The molecule has 170 valence electrons. The lowest BCUT2D eigenvalue weighted by molar-refractivity contribution is -0.113. The summed E-state index contributed by atoms with van der Waals surface area (Å²) in [6, 6.07) is 8.54. The monoisotopic (exact) mass is 483 g/mol. The van der Waals surface area contributed by atoms with Gasteiger partial charge in [-0.05, 0) is 49.0 Å². The smallest absolute Gasteiger partial charge is 0.387 e. The van der Waals surface area contributed by atoms with Gasteiger partial charge in [0.2, 0.25) is 0 Å². The molecule has 0 radical (unpaired) electrons. The lowest BCUT2D eigenvalue weighted by atomic mass is 9.94. The zero-order valence-corrected chi connectivity index (χ0v) is 18.9. The van der Waals surface area contributed by atoms with E-state index >= 15 is 0 Å². The molecular weight excluding hydrogens is 464 g/mol. The molecule has 0 aromatic heterocycles. The third-order valence-corrected chi connectivity index (χ3v) is 5.12. The first-order valence-electron chi connectivity index (χ1n) is 9.29. The number of hydrogen-bond donors (Lipinski definition) is 3. The van der Waals surface area contributed by atoms with E-state index in [1.165, 1.54) is 26.4 Å². The van der Waals surface area contributed by atoms with Gasteiger partial charge in [0.25, 0.3) is 5.91 Å². The second-order valence-corrected chi connectivity index (χ2v) is 7.50. The minimum absolute atomic E-state index is 0.0887. The molecule has 1 amide bonds. The van der Waals surface area contributed by atoms with Gasteiger partial charge >= 0.3 is 6.61 Å². The van der Waals surface area contributed by atoms with Crippen molar-refractivity contribution >= 4 is 40.5 Å². The minimum Gasteiger partial charge on any atom is -0.495 e. The number of allylic oxidation sites excluding steroid dienone is 1. The van der Waals surface area contributed by atoms with Gasteiger partial charge in [0.15, 0.2) is 16.6 Å². The normalized spacial score (nSPS) is 15.7. The second kappa shape index (κ2) is 10.0. The van der Waals surface area contributed by atoms with Gasteiger partial charge in [-0.1, -0.05) is 17.7 Å². The zero-order chi connectivity index (χ0) is 23.4. The average molecular weight is 484 g/mol. The average Bonchev–Trinajstić information content (AvgIpc) is 2.74. The van der Waals surface area contributed by atoms with Gasteiger partial charge in [-0.2, -0.15) is 8.78 Å². The van der Waals surface area contributed by atoms with Crippen LogP contribution >= 0.6 is 23.8 Å². The maximum Gasteiger partial charge on any atom is 0.387 e. The Morgan fingerprint density at radius 1 is 1.12 bits per heavy atom. The highest BCUT2D eigenvalue weighted by molar-refractivity contribution is 7.80. The van der Waals surface area contributed by atoms with E-state index in [1.807, 2.05) is 0 Å². The first-order chi connectivity index (χ1) is 15.2. The fourth-order valence-electron chi connectivity index (χ4n) is 3.26. The maximum atomic E-state index is 13.3. The number of ether oxygens (including phenoxy) is 3. The van der Waals surface area contributed by atoms with Crippen LogP contribution in [0.5, 0.6) is 17.2 Å². The molecule has 0 spiro atoms. The summed E-state index contributed by atoms with van der Waals surface area (Å²) in [4.78, 5) is 13.3. The van der Waals surface area contributed by atoms with Crippen LogP contribution in [0.2, 0.25) is 5.02 Å². The van der Waals surface area contributed by atoms with Crippen LogP contribution in [-0.2, 0) is 4.79 Å². The van der Waals surface area contributed by atoms with Gasteiger partial charge in [0, 0.05) is 16.8 Å². The summed E-state index contributed by atoms with van der Waals surface area (Å²) in [7, 11) is 2.80. The standard InChI is InChI=1S/C21H20ClF2N3O4S/c1-10-17(19(28)26-13-6-5-12(22)9-15(13)29-2)18(27-21(32)25-10)11-4-7-14(31-20(23)24)16(8-11)30-3/h4-9,18,20H,1-3H3,(H,26,28)(H2,25,27,32)/t18-/m1/s1. The molecule has 1 heterocycles. The number of benzene rings is 2. The summed E-state index contributed by atoms with van der Waals surface area (Å²) in [6.45, 7) is -1.29. The van der Waals surface area contributed by atoms with Crippen LogP contribution < -0.4 is 30.2 Å². The van der Waals surface area contributed by atoms with Crippen molar-refractivity contribution in [2.75, 3.05) is 19.5 Å². The van der Waals surface area contributed by atoms with Crippen molar-refractivity contribution in [1.29, 1.82) is 0 Å². The SMILES string of the molecule is COc1cc(Cl)ccc1NC(=O)C1=C(C)NC(=S)N[C@@H]1c1ccc(OC(F)F)c(OC)c1. The third kappa shape index (κ3) is 5.20. The molecule has 1 aliphatic rings. The van der Waals surface area contributed by atoms with E-state index in [9.17, 15) is 13.6 Å². The number of rotatable bonds is 7. The third-order valence-electron chi connectivity index (χ3n) is 4.66. The number of anilines is 1. The Hall–Kier alpha value is -3.11. The van der Waals surface area contributed by atoms with Gasteiger partial charge < -0.3 is 30.2 Å². The summed E-state index contributed by atoms with van der Waals surface area (Å²) in [5.41, 5.74) is 1.84. The largest absolute Gasteiger partial charge is 0.495 e. The Kier molecular flexibility index (Phi) is 7.37. The van der Waals surface area contributed by atoms with Gasteiger partial charge in [0.05, 0.1) is 31.5 Å². The summed E-state index contributed by atoms with van der Waals surface area (Å²) in [5.74, 6) is -0.0724. The van der Waals surface area contributed by atoms with Crippen LogP contribution in [0.1, 0.15) is 18.5 Å². The topological polar surface area (TPSA) is 80.9 Å². The molecule has 0 aliphatic carbocycles. The quantitative estimate of drug-likeness (QED) is 0.504. The number of carbonyl (C=O) groups is 1. The van der Waals surface area contributed by atoms with E-state index in [2.05, 4.69) is 20.7 Å². The molecule has 2 aromatic carbocycles. The van der Waals surface area contributed by atoms with Gasteiger partial charge in [0.1, 0.15) is 5.75 Å². The molecule has 0 fully saturated rings. The molecule has 32 heavy (non-hydrogen) atoms. The van der Waals surface area contributed by atoms with Crippen LogP contribution in [-0.4, -0.2) is 31.9 Å². The lowest BCUT2D eigenvalue weighted by Crippen LogP contribution is -2.45. The summed E-state index contributed by atoms with van der Waals surface area (Å²) in [6.07, 6.45) is 0. The number of hydrogen-bond acceptors (Lipinski definition) is 5. The Labute approximate surface area is 193 Å². The van der Waals surface area contributed by atoms with E-state index < -0.39 is 18.6 Å². The highest BCUT2D eigenvalue weighted by atomic mass is 35.5. The molecule has 0 saturated carbocycles. The van der Waals surface area contributed by atoms with Crippen LogP contribution in [0, 0.1) is 0 Å². The van der Waals surface area contributed by atoms with Crippen LogP contribution in [0.3, 0.4) is 0 Å². The number of nitrogens with one attached hydrogen (secondary N) is 3. The first kappa shape index (κ1) is 23.6. The Morgan fingerprint density at radius 3 is 2.50 bits per heavy atom. The molecule has 0 unspecified atom stereocenters. The highest BCUT2D eigenvalue weighted by Crippen LogP contribution is 2.36. The predicted molar refractivity (Wildman–Crippen MR) is 121 cm³/mol. The van der Waals surface area contributed by atoms with Crippen molar-refractivity contribution < 1.29 is 27.8 Å². The molecule has 1 atom stereocenters. The zero-order valence-electron chi connectivity index (χ0n) is 17.3. The molecule has 7 nitrogen and oxygen atoms in total. The van der Waals surface area contributed by atoms with Gasteiger partial charge in [-0.25, -0.2) is 0 Å². The van der Waals surface area contributed by atoms with E-state index in [1.54, 1.807) is 31.2 Å². The molecule has 1 aliphatic heterocycles. The maximum absolute atomic E-state index is 13.3. The molecule has 3 N–H and O–H groups in total. The molecule has 0 saturated heterocycles. The summed E-state index contributed by atoms with van der Waals surface area (Å²) >= 11 is 11.2. The van der Waals surface area contributed by atoms with Crippen molar-refractivity contribution in [3.63, 3.8) is 0 Å². The minimum atomic E-state index is -3.00. The van der Waals surface area contributed by atoms with Crippen LogP contribution in [0.15, 0.2) is 47.7 Å². The highest BCUT2D eigenvalue weighted by Gasteiger charge is 2.31. The number of halogens is 3. The first-order valence-corrected chi connectivity index (χ1v) is 10.1. The lowest BCUT2D eigenvalue weighted by Gasteiger charge is -2.30. The Bertz CT molecular complexity index is 1080. The molecule has 11 heteroatoms. The molecule has 2 aromatic rings. The summed E-state index contributed by atoms with van der Waals surface area (Å²) < 4.78 is 40.3. The van der Waals surface area contributed by atoms with E-state index in [0.717, 1.165) is 0 Å². The Morgan fingerprint density at radius 2 is 1.84 bits per heavy atom. The fourth-order valence-corrected chi connectivity index (χ4v) is 3.69. The number of carbonyl (C=O) groups excluding carboxylic acids is 1. The summed E-state index contributed by atoms with van der Waals surface area (Å²) in [5, 5.41) is 9.54. The number of methoxy groups -OCH3 is 2. The predicted octanol–water partition coefficient (Wildman–Crippen LogP) is 4.39. The molecule has 0 bridgehead atoms.